The summed E-state index contributed by atoms with van der Waals surface area (Å²) in [5.41, 5.74) is 2.34. The average molecular weight is 353 g/mol. The molecule has 25 heavy (non-hydrogen) atoms. The summed E-state index contributed by atoms with van der Waals surface area (Å²) in [5.74, 6) is 1.44. The van der Waals surface area contributed by atoms with Crippen LogP contribution in [0.2, 0.25) is 0 Å². The van der Waals surface area contributed by atoms with Crippen molar-refractivity contribution in [1.29, 1.82) is 0 Å². The summed E-state index contributed by atoms with van der Waals surface area (Å²) < 4.78 is 2.32. The van der Waals surface area contributed by atoms with E-state index in [4.69, 9.17) is 4.98 Å². The molecule has 0 bridgehead atoms. The number of hydrogen-bond acceptors (Lipinski definition) is 4. The summed E-state index contributed by atoms with van der Waals surface area (Å²) in [6.45, 7) is 5.93. The molecule has 0 fully saturated rings. The number of nitrogens with one attached hydrogen (secondary N) is 1. The van der Waals surface area contributed by atoms with Crippen molar-refractivity contribution in [2.24, 2.45) is 0 Å². The van der Waals surface area contributed by atoms with E-state index in [1.54, 1.807) is 11.8 Å². The number of pyridine rings is 1. The smallest absolute Gasteiger partial charge is 0.124 e. The Bertz CT molecular complexity index is 797. The van der Waals surface area contributed by atoms with Gasteiger partial charge < -0.3 is 9.88 Å². The third-order valence-electron chi connectivity index (χ3n) is 3.93. The second-order valence-corrected chi connectivity index (χ2v) is 7.33. The predicted molar refractivity (Wildman–Crippen MR) is 103 cm³/mol. The average Bonchev–Trinajstić information content (AvgIpc) is 2.95. The fourth-order valence-electron chi connectivity index (χ4n) is 2.72. The Morgan fingerprint density at radius 1 is 1.12 bits per heavy atom. The van der Waals surface area contributed by atoms with Crippen LogP contribution in [0.1, 0.15) is 36.8 Å². The van der Waals surface area contributed by atoms with Crippen LogP contribution in [0.25, 0.3) is 0 Å². The van der Waals surface area contributed by atoms with Gasteiger partial charge in [-0.15, -0.1) is 0 Å². The van der Waals surface area contributed by atoms with E-state index in [-0.39, 0.29) is 0 Å². The van der Waals surface area contributed by atoms with Gasteiger partial charge >= 0.3 is 0 Å². The largest absolute Gasteiger partial charge is 0.317 e. The van der Waals surface area contributed by atoms with Gasteiger partial charge in [-0.05, 0) is 36.7 Å². The molecule has 2 heterocycles. The van der Waals surface area contributed by atoms with E-state index in [0.717, 1.165) is 24.6 Å². The first-order valence-electron chi connectivity index (χ1n) is 8.54. The molecule has 0 atom stereocenters. The molecule has 1 aromatic carbocycles. The molecule has 3 aromatic rings. The molecule has 0 amide bonds. The molecule has 0 aliphatic rings. The second kappa shape index (κ2) is 8.32. The lowest BCUT2D eigenvalue weighted by molar-refractivity contribution is 0.637. The highest BCUT2D eigenvalue weighted by atomic mass is 32.2. The fourth-order valence-corrected chi connectivity index (χ4v) is 3.90. The minimum Gasteiger partial charge on any atom is -0.317 e. The van der Waals surface area contributed by atoms with Crippen LogP contribution >= 0.6 is 11.8 Å². The molecular formula is C20H24N4S. The van der Waals surface area contributed by atoms with Crippen molar-refractivity contribution in [2.45, 2.75) is 42.8 Å². The number of rotatable bonds is 7. The monoisotopic (exact) mass is 352 g/mol. The highest BCUT2D eigenvalue weighted by molar-refractivity contribution is 7.99. The number of hydrogen-bond donors (Lipinski definition) is 1. The number of nitrogens with zero attached hydrogens (tertiary/aromatic N) is 3. The van der Waals surface area contributed by atoms with Crippen molar-refractivity contribution in [3.8, 4) is 0 Å². The minimum absolute atomic E-state index is 0.372. The highest BCUT2D eigenvalue weighted by Gasteiger charge is 2.20. The van der Waals surface area contributed by atoms with Gasteiger partial charge in [0, 0.05) is 17.3 Å². The van der Waals surface area contributed by atoms with Gasteiger partial charge in [0.05, 0.1) is 18.8 Å². The van der Waals surface area contributed by atoms with E-state index in [1.165, 1.54) is 15.5 Å². The summed E-state index contributed by atoms with van der Waals surface area (Å²) >= 11 is 1.79. The molecule has 3 rings (SSSR count). The van der Waals surface area contributed by atoms with Crippen LogP contribution in [0.15, 0.2) is 64.8 Å². The molecule has 0 aliphatic heterocycles. The predicted octanol–water partition coefficient (Wildman–Crippen LogP) is 4.32. The number of aromatic nitrogens is 3. The van der Waals surface area contributed by atoms with Crippen LogP contribution < -0.4 is 5.32 Å². The molecule has 0 unspecified atom stereocenters. The molecular weight excluding hydrogens is 328 g/mol. The fraction of sp³-hybridized carbons (Fsp3) is 0.300. The van der Waals surface area contributed by atoms with Crippen molar-refractivity contribution in [1.82, 2.24) is 19.9 Å². The van der Waals surface area contributed by atoms with Crippen LogP contribution in [-0.2, 0) is 13.1 Å². The first-order chi connectivity index (χ1) is 12.2. The van der Waals surface area contributed by atoms with Gasteiger partial charge in [0.15, 0.2) is 0 Å². The topological polar surface area (TPSA) is 42.7 Å². The quantitative estimate of drug-likeness (QED) is 0.688. The zero-order chi connectivity index (χ0) is 17.6. The van der Waals surface area contributed by atoms with Crippen LogP contribution in [0.4, 0.5) is 0 Å². The van der Waals surface area contributed by atoms with Crippen LogP contribution in [0, 0.1) is 0 Å². The van der Waals surface area contributed by atoms with E-state index in [1.807, 2.05) is 31.6 Å². The standard InChI is InChI=1S/C20H24N4S/c1-15(2)19-20(25-17-9-5-4-6-10-17)24(18(23-19)13-21-3)14-16-8-7-11-22-12-16/h4-12,15,21H,13-14H2,1-3H3. The van der Waals surface area contributed by atoms with Gasteiger partial charge in [0.1, 0.15) is 10.9 Å². The van der Waals surface area contributed by atoms with E-state index in [0.29, 0.717) is 5.92 Å². The number of benzene rings is 1. The summed E-state index contributed by atoms with van der Waals surface area (Å²) in [7, 11) is 1.96. The van der Waals surface area contributed by atoms with Crippen LogP contribution in [0.5, 0.6) is 0 Å². The third kappa shape index (κ3) is 4.30. The maximum atomic E-state index is 4.95. The van der Waals surface area contributed by atoms with Crippen LogP contribution in [0.3, 0.4) is 0 Å². The lowest BCUT2D eigenvalue weighted by Gasteiger charge is -2.13. The minimum atomic E-state index is 0.372. The SMILES string of the molecule is CNCc1nc(C(C)C)c(Sc2ccccc2)n1Cc1cccnc1. The molecule has 1 N–H and O–H groups in total. The maximum Gasteiger partial charge on any atom is 0.124 e. The van der Waals surface area contributed by atoms with Gasteiger partial charge in [-0.2, -0.15) is 0 Å². The van der Waals surface area contributed by atoms with E-state index in [9.17, 15) is 0 Å². The molecule has 130 valence electrons. The van der Waals surface area contributed by atoms with Crippen molar-refractivity contribution in [3.63, 3.8) is 0 Å². The summed E-state index contributed by atoms with van der Waals surface area (Å²) in [4.78, 5) is 10.4. The summed E-state index contributed by atoms with van der Waals surface area (Å²) in [5, 5.41) is 4.46. The first-order valence-corrected chi connectivity index (χ1v) is 9.36. The maximum absolute atomic E-state index is 4.95. The Balaban J connectivity index is 2.05. The molecule has 0 spiro atoms. The highest BCUT2D eigenvalue weighted by Crippen LogP contribution is 2.35. The van der Waals surface area contributed by atoms with Gasteiger partial charge in [-0.3, -0.25) is 4.98 Å². The van der Waals surface area contributed by atoms with Gasteiger partial charge in [-0.25, -0.2) is 4.98 Å². The molecule has 0 saturated carbocycles. The first kappa shape index (κ1) is 17.7. The Kier molecular flexibility index (Phi) is 5.89. The molecule has 2 aromatic heterocycles. The summed E-state index contributed by atoms with van der Waals surface area (Å²) in [6, 6.07) is 14.6. The Morgan fingerprint density at radius 2 is 1.92 bits per heavy atom. The zero-order valence-corrected chi connectivity index (χ0v) is 15.8. The second-order valence-electron chi connectivity index (χ2n) is 6.27. The van der Waals surface area contributed by atoms with E-state index < -0.39 is 0 Å². The molecule has 0 saturated heterocycles. The van der Waals surface area contributed by atoms with Gasteiger partial charge in [0.25, 0.3) is 0 Å². The normalized spacial score (nSPS) is 11.2. The van der Waals surface area contributed by atoms with Gasteiger partial charge in [-0.1, -0.05) is 49.9 Å². The van der Waals surface area contributed by atoms with Crippen LogP contribution in [-0.4, -0.2) is 21.6 Å². The van der Waals surface area contributed by atoms with E-state index in [2.05, 4.69) is 59.0 Å². The molecule has 4 nitrogen and oxygen atoms in total. The van der Waals surface area contributed by atoms with Crippen molar-refractivity contribution in [2.75, 3.05) is 7.05 Å². The Hall–Kier alpha value is -2.11. The zero-order valence-electron chi connectivity index (χ0n) is 14.9. The number of imidazole rings is 1. The van der Waals surface area contributed by atoms with Crippen molar-refractivity contribution in [3.05, 3.63) is 71.9 Å². The summed E-state index contributed by atoms with van der Waals surface area (Å²) in [6.07, 6.45) is 3.74. The lowest BCUT2D eigenvalue weighted by Crippen LogP contribution is -2.13. The Labute approximate surface area is 153 Å². The lowest BCUT2D eigenvalue weighted by atomic mass is 10.1. The molecule has 0 radical (unpaired) electrons. The van der Waals surface area contributed by atoms with E-state index >= 15 is 0 Å². The molecule has 0 aliphatic carbocycles. The third-order valence-corrected chi connectivity index (χ3v) is 5.06. The van der Waals surface area contributed by atoms with Crippen molar-refractivity contribution >= 4 is 11.8 Å². The Morgan fingerprint density at radius 3 is 2.56 bits per heavy atom. The van der Waals surface area contributed by atoms with Crippen molar-refractivity contribution < 1.29 is 0 Å². The van der Waals surface area contributed by atoms with Gasteiger partial charge in [0.2, 0.25) is 0 Å². The molecule has 5 heteroatoms.